The van der Waals surface area contributed by atoms with E-state index in [0.29, 0.717) is 0 Å². The van der Waals surface area contributed by atoms with Gasteiger partial charge in [0, 0.05) is 35.7 Å². The predicted molar refractivity (Wildman–Crippen MR) is 97.9 cm³/mol. The van der Waals surface area contributed by atoms with Crippen molar-refractivity contribution in [2.45, 2.75) is 44.6 Å². The number of phenols is 1. The maximum absolute atomic E-state index is 10.6. The van der Waals surface area contributed by atoms with E-state index in [2.05, 4.69) is 30.3 Å². The van der Waals surface area contributed by atoms with Crippen LogP contribution >= 0.6 is 11.3 Å². The van der Waals surface area contributed by atoms with Gasteiger partial charge in [-0.2, -0.15) is 0 Å². The van der Waals surface area contributed by atoms with Crippen LogP contribution in [0.15, 0.2) is 29.6 Å². The minimum atomic E-state index is -0.722. The number of carboxylic acid groups (broad SMARTS) is 1. The Labute approximate surface area is 146 Å². The van der Waals surface area contributed by atoms with Gasteiger partial charge in [-0.3, -0.25) is 4.79 Å². The molecule has 1 aliphatic heterocycles. The molecule has 2 aromatic rings. The van der Waals surface area contributed by atoms with Gasteiger partial charge in [0.1, 0.15) is 5.75 Å². The van der Waals surface area contributed by atoms with Gasteiger partial charge >= 0.3 is 5.97 Å². The number of aliphatic carboxylic acids is 1. The van der Waals surface area contributed by atoms with Crippen LogP contribution in [-0.2, 0) is 10.3 Å². The van der Waals surface area contributed by atoms with Gasteiger partial charge in [0.25, 0.3) is 0 Å². The lowest BCUT2D eigenvalue weighted by atomic mass is 9.80. The van der Waals surface area contributed by atoms with Crippen LogP contribution in [0.5, 0.6) is 5.75 Å². The fourth-order valence-electron chi connectivity index (χ4n) is 3.60. The number of benzene rings is 1. The number of hydrogen-bond donors (Lipinski definition) is 2. The first kappa shape index (κ1) is 16.8. The number of thiophene rings is 1. The highest BCUT2D eigenvalue weighted by atomic mass is 32.1. The molecule has 0 aliphatic carbocycles. The Morgan fingerprint density at radius 2 is 2.04 bits per heavy atom. The molecule has 24 heavy (non-hydrogen) atoms. The molecule has 0 bridgehead atoms. The van der Waals surface area contributed by atoms with Gasteiger partial charge in [0.15, 0.2) is 0 Å². The first-order valence-electron chi connectivity index (χ1n) is 8.30. The van der Waals surface area contributed by atoms with Gasteiger partial charge < -0.3 is 15.1 Å². The van der Waals surface area contributed by atoms with E-state index < -0.39 is 5.97 Å². The van der Waals surface area contributed by atoms with Crippen LogP contribution in [0, 0.1) is 0 Å². The molecule has 1 aliphatic rings. The Hall–Kier alpha value is -2.01. The van der Waals surface area contributed by atoms with Crippen LogP contribution in [0.3, 0.4) is 0 Å². The molecule has 1 atom stereocenters. The molecule has 3 rings (SSSR count). The van der Waals surface area contributed by atoms with E-state index in [9.17, 15) is 9.90 Å². The van der Waals surface area contributed by atoms with Crippen molar-refractivity contribution in [3.63, 3.8) is 0 Å². The molecule has 0 saturated heterocycles. The zero-order valence-electron chi connectivity index (χ0n) is 14.1. The highest BCUT2D eigenvalue weighted by Gasteiger charge is 2.39. The summed E-state index contributed by atoms with van der Waals surface area (Å²) < 4.78 is 0. The fourth-order valence-corrected chi connectivity index (χ4v) is 4.66. The fraction of sp³-hybridized carbons (Fsp3) is 0.421. The molecule has 4 nitrogen and oxygen atoms in total. The molecular formula is C19H23NO3S. The largest absolute Gasteiger partial charge is 0.508 e. The van der Waals surface area contributed by atoms with Crippen LogP contribution < -0.4 is 4.90 Å². The second-order valence-corrected chi connectivity index (χ2v) is 7.57. The van der Waals surface area contributed by atoms with Crippen molar-refractivity contribution in [3.05, 3.63) is 35.2 Å². The van der Waals surface area contributed by atoms with Crippen molar-refractivity contribution in [2.24, 2.45) is 0 Å². The second kappa shape index (κ2) is 6.48. The zero-order chi connectivity index (χ0) is 17.3. The Kier molecular flexibility index (Phi) is 4.54. The van der Waals surface area contributed by atoms with Crippen molar-refractivity contribution in [1.29, 1.82) is 0 Å². The first-order chi connectivity index (χ1) is 11.4. The number of phenolic OH excluding ortho intramolecular Hbond substituents is 1. The Balaban J connectivity index is 1.85. The number of rotatable bonds is 6. The van der Waals surface area contributed by atoms with E-state index in [-0.39, 0.29) is 17.7 Å². The number of anilines is 1. The quantitative estimate of drug-likeness (QED) is 0.737. The predicted octanol–water partition coefficient (Wildman–Crippen LogP) is 4.82. The van der Waals surface area contributed by atoms with Crippen LogP contribution in [0.2, 0.25) is 0 Å². The summed E-state index contributed by atoms with van der Waals surface area (Å²) in [6.45, 7) is 2.24. The van der Waals surface area contributed by atoms with Crippen LogP contribution in [0.25, 0.3) is 10.4 Å². The molecular weight excluding hydrogens is 322 g/mol. The minimum Gasteiger partial charge on any atom is -0.508 e. The third kappa shape index (κ3) is 2.88. The van der Waals surface area contributed by atoms with Crippen LogP contribution in [-0.4, -0.2) is 23.2 Å². The lowest BCUT2D eigenvalue weighted by Crippen LogP contribution is -2.43. The Morgan fingerprint density at radius 1 is 1.25 bits per heavy atom. The summed E-state index contributed by atoms with van der Waals surface area (Å²) in [5, 5.41) is 20.8. The topological polar surface area (TPSA) is 60.8 Å². The summed E-state index contributed by atoms with van der Waals surface area (Å²) >= 11 is 1.74. The summed E-state index contributed by atoms with van der Waals surface area (Å²) in [5.41, 5.74) is 3.41. The van der Waals surface area contributed by atoms with Crippen molar-refractivity contribution in [2.75, 3.05) is 11.9 Å². The standard InChI is InChI=1S/C19H23NO3S/c1-19(10-5-3-4-6-17(22)23)15-9-11-24-18(15)14-8-7-13(21)12-16(14)20(19)2/h7-9,11-12,21H,3-6,10H2,1-2H3,(H,22,23). The lowest BCUT2D eigenvalue weighted by molar-refractivity contribution is -0.137. The van der Waals surface area contributed by atoms with Crippen molar-refractivity contribution >= 4 is 23.0 Å². The molecule has 0 fully saturated rings. The minimum absolute atomic E-state index is 0.140. The molecule has 2 N–H and O–H groups in total. The second-order valence-electron chi connectivity index (χ2n) is 6.65. The number of unbranched alkanes of at least 4 members (excludes halogenated alkanes) is 2. The average molecular weight is 345 g/mol. The number of nitrogens with zero attached hydrogens (tertiary/aromatic N) is 1. The molecule has 1 aromatic heterocycles. The highest BCUT2D eigenvalue weighted by molar-refractivity contribution is 7.13. The molecule has 1 unspecified atom stereocenters. The first-order valence-corrected chi connectivity index (χ1v) is 9.18. The lowest BCUT2D eigenvalue weighted by Gasteiger charge is -2.45. The summed E-state index contributed by atoms with van der Waals surface area (Å²) in [5.74, 6) is -0.440. The highest BCUT2D eigenvalue weighted by Crippen LogP contribution is 2.51. The molecule has 0 spiro atoms. The van der Waals surface area contributed by atoms with Crippen molar-refractivity contribution in [3.8, 4) is 16.2 Å². The third-order valence-corrected chi connectivity index (χ3v) is 6.07. The molecule has 0 radical (unpaired) electrons. The summed E-state index contributed by atoms with van der Waals surface area (Å²) in [6, 6.07) is 7.76. The smallest absolute Gasteiger partial charge is 0.303 e. The average Bonchev–Trinajstić information content (AvgIpc) is 3.02. The van der Waals surface area contributed by atoms with E-state index >= 15 is 0 Å². The number of carboxylic acids is 1. The number of carbonyl (C=O) groups is 1. The van der Waals surface area contributed by atoms with Gasteiger partial charge in [-0.15, -0.1) is 11.3 Å². The molecule has 128 valence electrons. The van der Waals surface area contributed by atoms with E-state index in [4.69, 9.17) is 5.11 Å². The summed E-state index contributed by atoms with van der Waals surface area (Å²) in [4.78, 5) is 14.2. The number of fused-ring (bicyclic) bond motifs is 3. The van der Waals surface area contributed by atoms with Crippen LogP contribution in [0.4, 0.5) is 5.69 Å². The maximum Gasteiger partial charge on any atom is 0.303 e. The van der Waals surface area contributed by atoms with E-state index in [1.165, 1.54) is 16.0 Å². The van der Waals surface area contributed by atoms with Gasteiger partial charge in [0.2, 0.25) is 0 Å². The van der Waals surface area contributed by atoms with E-state index in [1.54, 1.807) is 17.4 Å². The molecule has 0 saturated carbocycles. The zero-order valence-corrected chi connectivity index (χ0v) is 14.9. The number of aromatic hydroxyl groups is 1. The van der Waals surface area contributed by atoms with Gasteiger partial charge in [0.05, 0.1) is 5.54 Å². The Morgan fingerprint density at radius 3 is 2.79 bits per heavy atom. The summed E-state index contributed by atoms with van der Waals surface area (Å²) in [6.07, 6.45) is 3.83. The van der Waals surface area contributed by atoms with Gasteiger partial charge in [-0.1, -0.05) is 12.8 Å². The SMILES string of the molecule is CN1c2cc(O)ccc2-c2sccc2C1(C)CCCCCC(=O)O. The van der Waals surface area contributed by atoms with Crippen LogP contribution in [0.1, 0.15) is 44.6 Å². The normalized spacial score (nSPS) is 19.0. The Bertz CT molecular complexity index is 755. The van der Waals surface area contributed by atoms with Gasteiger partial charge in [-0.05, 0) is 48.9 Å². The molecule has 1 aromatic carbocycles. The van der Waals surface area contributed by atoms with E-state index in [0.717, 1.165) is 31.4 Å². The number of hydrogen-bond acceptors (Lipinski definition) is 4. The monoisotopic (exact) mass is 345 g/mol. The third-order valence-electron chi connectivity index (χ3n) is 5.13. The maximum atomic E-state index is 10.6. The van der Waals surface area contributed by atoms with Gasteiger partial charge in [-0.25, -0.2) is 0 Å². The van der Waals surface area contributed by atoms with E-state index in [1.807, 2.05) is 12.1 Å². The molecule has 5 heteroatoms. The molecule has 0 amide bonds. The van der Waals surface area contributed by atoms with Crippen molar-refractivity contribution < 1.29 is 15.0 Å². The summed E-state index contributed by atoms with van der Waals surface area (Å²) in [7, 11) is 2.08. The van der Waals surface area contributed by atoms with Crippen molar-refractivity contribution in [1.82, 2.24) is 0 Å². The molecule has 2 heterocycles.